The summed E-state index contributed by atoms with van der Waals surface area (Å²) >= 11 is 0. The van der Waals surface area contributed by atoms with Crippen LogP contribution in [0.15, 0.2) is 0 Å². The van der Waals surface area contributed by atoms with Gasteiger partial charge in [-0.25, -0.2) is 0 Å². The van der Waals surface area contributed by atoms with Crippen molar-refractivity contribution in [2.45, 2.75) is 12.5 Å². The summed E-state index contributed by atoms with van der Waals surface area (Å²) in [6.45, 7) is 1.55. The fraction of sp³-hybridized carbons (Fsp3) is 1.00. The maximum atomic E-state index is 12.1. The van der Waals surface area contributed by atoms with E-state index in [1.807, 2.05) is 7.05 Å². The third-order valence-electron chi connectivity index (χ3n) is 1.97. The molecule has 2 atom stereocenters. The van der Waals surface area contributed by atoms with Gasteiger partial charge in [-0.2, -0.15) is 0 Å². The van der Waals surface area contributed by atoms with Gasteiger partial charge < -0.3 is 10.6 Å². The maximum absolute atomic E-state index is 12.1. The Morgan fingerprint density at radius 3 is 2.90 bits per heavy atom. The van der Waals surface area contributed by atoms with Crippen LogP contribution in [-0.2, 0) is 0 Å². The number of nitrogens with two attached hydrogens (primary N) is 1. The highest BCUT2D eigenvalue weighted by atomic mass is 19.1. The number of rotatable bonds is 1. The molecular formula is C7H17FN2. The van der Waals surface area contributed by atoms with Crippen molar-refractivity contribution in [3.8, 4) is 0 Å². The Balaban J connectivity index is 0.000001000. The lowest BCUT2D eigenvalue weighted by atomic mass is 9.96. The van der Waals surface area contributed by atoms with Crippen LogP contribution in [0.2, 0.25) is 0 Å². The summed E-state index contributed by atoms with van der Waals surface area (Å²) in [5.41, 5.74) is 5.68. The molecule has 1 heterocycles. The summed E-state index contributed by atoms with van der Waals surface area (Å²) < 4.78 is 12.1. The Bertz CT molecular complexity index is 103. The SMILES string of the molecule is CN1CC(N)CC(CF)C1.[HH]. The zero-order chi connectivity index (χ0) is 7.56. The molecule has 0 aromatic heterocycles. The van der Waals surface area contributed by atoms with E-state index in [2.05, 4.69) is 4.90 Å². The Kier molecular flexibility index (Phi) is 2.63. The van der Waals surface area contributed by atoms with Gasteiger partial charge in [-0.15, -0.1) is 0 Å². The maximum Gasteiger partial charge on any atom is 0.0935 e. The molecule has 0 aromatic rings. The van der Waals surface area contributed by atoms with Crippen molar-refractivity contribution < 1.29 is 5.82 Å². The van der Waals surface area contributed by atoms with Crippen LogP contribution in [0.3, 0.4) is 0 Å². The third-order valence-corrected chi connectivity index (χ3v) is 1.97. The van der Waals surface area contributed by atoms with Crippen molar-refractivity contribution in [2.24, 2.45) is 11.7 Å². The number of hydrogen-bond acceptors (Lipinski definition) is 2. The molecule has 0 aliphatic carbocycles. The van der Waals surface area contributed by atoms with Gasteiger partial charge >= 0.3 is 0 Å². The van der Waals surface area contributed by atoms with Crippen molar-refractivity contribution in [1.82, 2.24) is 4.90 Å². The first-order chi connectivity index (χ1) is 4.72. The van der Waals surface area contributed by atoms with Gasteiger partial charge in [0.25, 0.3) is 0 Å². The van der Waals surface area contributed by atoms with Gasteiger partial charge in [0.15, 0.2) is 0 Å². The fourth-order valence-corrected chi connectivity index (χ4v) is 1.60. The first kappa shape index (κ1) is 7.95. The van der Waals surface area contributed by atoms with Crippen LogP contribution in [-0.4, -0.2) is 37.8 Å². The zero-order valence-corrected chi connectivity index (χ0v) is 6.39. The average molecular weight is 148 g/mol. The number of halogens is 1. The topological polar surface area (TPSA) is 29.3 Å². The molecule has 0 aromatic carbocycles. The number of piperidine rings is 1. The van der Waals surface area contributed by atoms with E-state index in [4.69, 9.17) is 5.73 Å². The quantitative estimate of drug-likeness (QED) is 0.586. The van der Waals surface area contributed by atoms with Crippen LogP contribution in [0.5, 0.6) is 0 Å². The fourth-order valence-electron chi connectivity index (χ4n) is 1.60. The van der Waals surface area contributed by atoms with Gasteiger partial charge in [0.1, 0.15) is 0 Å². The minimum Gasteiger partial charge on any atom is -0.327 e. The Morgan fingerprint density at radius 1 is 1.70 bits per heavy atom. The number of nitrogens with zero attached hydrogens (tertiary/aromatic N) is 1. The van der Waals surface area contributed by atoms with Gasteiger partial charge in [0, 0.05) is 26.5 Å². The standard InChI is InChI=1S/C7H15FN2.H2/c1-10-4-6(3-8)2-7(9)5-10;/h6-7H,2-5,9H2,1H3;1H. The summed E-state index contributed by atoms with van der Waals surface area (Å²) in [5, 5.41) is 0. The van der Waals surface area contributed by atoms with Gasteiger partial charge in [0.05, 0.1) is 6.67 Å². The van der Waals surface area contributed by atoms with E-state index in [1.54, 1.807) is 0 Å². The minimum atomic E-state index is -0.224. The normalized spacial score (nSPS) is 36.3. The molecule has 0 radical (unpaired) electrons. The van der Waals surface area contributed by atoms with Crippen molar-refractivity contribution in [1.29, 1.82) is 0 Å². The average Bonchev–Trinajstić information content (AvgIpc) is 1.85. The first-order valence-electron chi connectivity index (χ1n) is 3.72. The third kappa shape index (κ3) is 1.92. The van der Waals surface area contributed by atoms with E-state index in [0.29, 0.717) is 0 Å². The Hall–Kier alpha value is -0.150. The second-order valence-electron chi connectivity index (χ2n) is 3.24. The smallest absolute Gasteiger partial charge is 0.0935 e. The molecule has 0 saturated carbocycles. The Morgan fingerprint density at radius 2 is 2.40 bits per heavy atom. The molecule has 2 unspecified atom stereocenters. The molecule has 62 valence electrons. The number of likely N-dealkylation sites (N-methyl/N-ethyl adjacent to an activating group) is 1. The molecule has 2 nitrogen and oxygen atoms in total. The van der Waals surface area contributed by atoms with Gasteiger partial charge in [-0.05, 0) is 13.5 Å². The van der Waals surface area contributed by atoms with Crippen molar-refractivity contribution >= 4 is 0 Å². The van der Waals surface area contributed by atoms with E-state index in [1.165, 1.54) is 0 Å². The lowest BCUT2D eigenvalue weighted by Gasteiger charge is -2.32. The van der Waals surface area contributed by atoms with Crippen LogP contribution in [0.4, 0.5) is 4.39 Å². The number of alkyl halides is 1. The molecule has 0 bridgehead atoms. The lowest BCUT2D eigenvalue weighted by molar-refractivity contribution is 0.164. The van der Waals surface area contributed by atoms with E-state index >= 15 is 0 Å². The molecule has 1 aliphatic rings. The molecule has 1 saturated heterocycles. The lowest BCUT2D eigenvalue weighted by Crippen LogP contribution is -2.45. The monoisotopic (exact) mass is 148 g/mol. The summed E-state index contributed by atoms with van der Waals surface area (Å²) in [6, 6.07) is 0.180. The van der Waals surface area contributed by atoms with Crippen molar-refractivity contribution in [3.63, 3.8) is 0 Å². The first-order valence-corrected chi connectivity index (χ1v) is 3.72. The molecule has 0 amide bonds. The highest BCUT2D eigenvalue weighted by Gasteiger charge is 2.21. The number of hydrogen-bond donors (Lipinski definition) is 1. The van der Waals surface area contributed by atoms with Crippen LogP contribution in [0.25, 0.3) is 0 Å². The van der Waals surface area contributed by atoms with Crippen LogP contribution in [0.1, 0.15) is 7.85 Å². The van der Waals surface area contributed by atoms with Gasteiger partial charge in [-0.3, -0.25) is 4.39 Å². The summed E-state index contributed by atoms with van der Waals surface area (Å²) in [7, 11) is 1.99. The van der Waals surface area contributed by atoms with Gasteiger partial charge in [0.2, 0.25) is 0 Å². The predicted molar refractivity (Wildman–Crippen MR) is 41.7 cm³/mol. The van der Waals surface area contributed by atoms with E-state index < -0.39 is 0 Å². The van der Waals surface area contributed by atoms with Crippen LogP contribution >= 0.6 is 0 Å². The summed E-state index contributed by atoms with van der Waals surface area (Å²) in [5.74, 6) is 0.175. The van der Waals surface area contributed by atoms with Crippen molar-refractivity contribution in [3.05, 3.63) is 0 Å². The predicted octanol–water partition coefficient (Wildman–Crippen LogP) is 0.481. The molecule has 2 N–H and O–H groups in total. The van der Waals surface area contributed by atoms with E-state index in [-0.39, 0.29) is 20.1 Å². The largest absolute Gasteiger partial charge is 0.327 e. The molecule has 0 spiro atoms. The van der Waals surface area contributed by atoms with E-state index in [0.717, 1.165) is 19.5 Å². The highest BCUT2D eigenvalue weighted by Crippen LogP contribution is 2.14. The minimum absolute atomic E-state index is 0. The number of likely N-dealkylation sites (tertiary alicyclic amines) is 1. The molecule has 3 heteroatoms. The highest BCUT2D eigenvalue weighted by molar-refractivity contribution is 4.78. The van der Waals surface area contributed by atoms with E-state index in [9.17, 15) is 4.39 Å². The molecule has 1 fully saturated rings. The van der Waals surface area contributed by atoms with Crippen LogP contribution in [0, 0.1) is 5.92 Å². The molecule has 1 rings (SSSR count). The second kappa shape index (κ2) is 3.30. The molecular weight excluding hydrogens is 131 g/mol. The second-order valence-corrected chi connectivity index (χ2v) is 3.24. The summed E-state index contributed by atoms with van der Waals surface area (Å²) in [6.07, 6.45) is 0.848. The van der Waals surface area contributed by atoms with Crippen molar-refractivity contribution in [2.75, 3.05) is 26.8 Å². The zero-order valence-electron chi connectivity index (χ0n) is 6.39. The van der Waals surface area contributed by atoms with Crippen LogP contribution < -0.4 is 5.73 Å². The van der Waals surface area contributed by atoms with Gasteiger partial charge in [-0.1, -0.05) is 0 Å². The Labute approximate surface area is 62.7 Å². The molecule has 1 aliphatic heterocycles. The molecule has 10 heavy (non-hydrogen) atoms. The summed E-state index contributed by atoms with van der Waals surface area (Å²) in [4.78, 5) is 2.10.